The Kier molecular flexibility index (Phi) is 2.95. The number of carbonyl (C=O) groups is 1. The number of hydrogen-bond acceptors (Lipinski definition) is 6. The minimum absolute atomic E-state index is 0.0917. The van der Waals surface area contributed by atoms with Crippen molar-refractivity contribution in [3.63, 3.8) is 0 Å². The van der Waals surface area contributed by atoms with Gasteiger partial charge in [0, 0.05) is 11.8 Å². The third-order valence-electron chi connectivity index (χ3n) is 1.90. The molecule has 0 fully saturated rings. The van der Waals surface area contributed by atoms with Crippen LogP contribution in [0.15, 0.2) is 12.4 Å². The molecule has 0 unspecified atom stereocenters. The molecule has 0 spiro atoms. The Morgan fingerprint density at radius 2 is 2.29 bits per heavy atom. The molecule has 0 aliphatic heterocycles. The average Bonchev–Trinajstić information content (AvgIpc) is 2.81. The molecule has 88 valence electrons. The summed E-state index contributed by atoms with van der Waals surface area (Å²) in [5.41, 5.74) is 0.685. The lowest BCUT2D eigenvalue weighted by molar-refractivity contribution is 0.101. The number of ether oxygens (including phenoxy) is 1. The number of amides is 1. The molecular formula is C9H10N6O2. The van der Waals surface area contributed by atoms with Crippen LogP contribution >= 0.6 is 0 Å². The van der Waals surface area contributed by atoms with Crippen LogP contribution in [0.2, 0.25) is 0 Å². The van der Waals surface area contributed by atoms with E-state index in [1.807, 2.05) is 0 Å². The number of aromatic nitrogens is 5. The highest BCUT2D eigenvalue weighted by Gasteiger charge is 2.11. The van der Waals surface area contributed by atoms with E-state index in [0.29, 0.717) is 11.6 Å². The molecule has 0 bridgehead atoms. The minimum atomic E-state index is -0.463. The molecule has 8 heteroatoms. The Morgan fingerprint density at radius 3 is 2.94 bits per heavy atom. The van der Waals surface area contributed by atoms with Crippen LogP contribution in [-0.2, 0) is 0 Å². The highest BCUT2D eigenvalue weighted by Crippen LogP contribution is 2.11. The van der Waals surface area contributed by atoms with Crippen LogP contribution in [0.4, 0.5) is 5.95 Å². The first-order valence-electron chi connectivity index (χ1n) is 4.75. The van der Waals surface area contributed by atoms with Crippen LogP contribution in [0, 0.1) is 6.92 Å². The lowest BCUT2D eigenvalue weighted by Crippen LogP contribution is -2.16. The van der Waals surface area contributed by atoms with Crippen molar-refractivity contribution in [3.8, 4) is 5.88 Å². The van der Waals surface area contributed by atoms with Gasteiger partial charge in [0.25, 0.3) is 5.91 Å². The molecule has 0 saturated carbocycles. The molecule has 0 aromatic carbocycles. The van der Waals surface area contributed by atoms with Gasteiger partial charge in [-0.1, -0.05) is 0 Å². The third-order valence-corrected chi connectivity index (χ3v) is 1.90. The quantitative estimate of drug-likeness (QED) is 0.783. The standard InChI is InChI=1S/C9H10N6O2/c1-5-3-6(17-2)13-9(12-5)14-8(16)7-10-4-11-15-7/h3-4H,1-2H3,(H,10,11,15)(H,12,13,14,16). The second kappa shape index (κ2) is 4.56. The van der Waals surface area contributed by atoms with Gasteiger partial charge >= 0.3 is 0 Å². The van der Waals surface area contributed by atoms with Crippen LogP contribution in [0.3, 0.4) is 0 Å². The number of aromatic amines is 1. The van der Waals surface area contributed by atoms with Gasteiger partial charge in [-0.25, -0.2) is 9.97 Å². The molecule has 2 aromatic rings. The van der Waals surface area contributed by atoms with Gasteiger partial charge in [0.05, 0.1) is 7.11 Å². The van der Waals surface area contributed by atoms with E-state index >= 15 is 0 Å². The first-order chi connectivity index (χ1) is 8.19. The molecule has 2 heterocycles. The van der Waals surface area contributed by atoms with Gasteiger partial charge in [0.2, 0.25) is 17.7 Å². The van der Waals surface area contributed by atoms with Gasteiger partial charge in [-0.05, 0) is 6.92 Å². The van der Waals surface area contributed by atoms with Gasteiger partial charge in [-0.15, -0.1) is 0 Å². The van der Waals surface area contributed by atoms with Crippen LogP contribution in [-0.4, -0.2) is 38.2 Å². The molecule has 2 rings (SSSR count). The van der Waals surface area contributed by atoms with Crippen molar-refractivity contribution < 1.29 is 9.53 Å². The van der Waals surface area contributed by atoms with Crippen LogP contribution < -0.4 is 10.1 Å². The summed E-state index contributed by atoms with van der Waals surface area (Å²) in [5.74, 6) is 0.165. The van der Waals surface area contributed by atoms with Crippen LogP contribution in [0.5, 0.6) is 5.88 Å². The highest BCUT2D eigenvalue weighted by atomic mass is 16.5. The summed E-state index contributed by atoms with van der Waals surface area (Å²) in [6.07, 6.45) is 1.24. The van der Waals surface area contributed by atoms with Crippen molar-refractivity contribution in [1.29, 1.82) is 0 Å². The zero-order valence-electron chi connectivity index (χ0n) is 9.26. The normalized spacial score (nSPS) is 10.0. The Morgan fingerprint density at radius 1 is 1.47 bits per heavy atom. The monoisotopic (exact) mass is 234 g/mol. The lowest BCUT2D eigenvalue weighted by atomic mass is 10.4. The molecule has 0 aliphatic carbocycles. The van der Waals surface area contributed by atoms with E-state index in [2.05, 4.69) is 30.5 Å². The summed E-state index contributed by atoms with van der Waals surface area (Å²) in [5, 5.41) is 8.50. The molecule has 2 N–H and O–H groups in total. The Balaban J connectivity index is 2.18. The maximum Gasteiger partial charge on any atom is 0.295 e. The zero-order chi connectivity index (χ0) is 12.3. The number of hydrogen-bond donors (Lipinski definition) is 2. The first-order valence-corrected chi connectivity index (χ1v) is 4.75. The van der Waals surface area contributed by atoms with Crippen molar-refractivity contribution in [3.05, 3.63) is 23.9 Å². The summed E-state index contributed by atoms with van der Waals surface area (Å²) in [6.45, 7) is 1.77. The summed E-state index contributed by atoms with van der Waals surface area (Å²) in [7, 11) is 1.49. The minimum Gasteiger partial charge on any atom is -0.481 e. The lowest BCUT2D eigenvalue weighted by Gasteiger charge is -2.04. The molecule has 0 saturated heterocycles. The Labute approximate surface area is 96.5 Å². The number of nitrogens with one attached hydrogen (secondary N) is 2. The fourth-order valence-electron chi connectivity index (χ4n) is 1.18. The Hall–Kier alpha value is -2.51. The average molecular weight is 234 g/mol. The molecule has 0 aliphatic rings. The molecule has 2 aromatic heterocycles. The summed E-state index contributed by atoms with van der Waals surface area (Å²) < 4.78 is 4.97. The summed E-state index contributed by atoms with van der Waals surface area (Å²) >= 11 is 0. The smallest absolute Gasteiger partial charge is 0.295 e. The van der Waals surface area contributed by atoms with Gasteiger partial charge in [0.1, 0.15) is 6.33 Å². The molecule has 17 heavy (non-hydrogen) atoms. The second-order valence-corrected chi connectivity index (χ2v) is 3.16. The van der Waals surface area contributed by atoms with Crippen molar-refractivity contribution in [2.24, 2.45) is 0 Å². The fourth-order valence-corrected chi connectivity index (χ4v) is 1.18. The van der Waals surface area contributed by atoms with Gasteiger partial charge in [0.15, 0.2) is 0 Å². The maximum atomic E-state index is 11.6. The van der Waals surface area contributed by atoms with E-state index in [-0.39, 0.29) is 11.8 Å². The van der Waals surface area contributed by atoms with E-state index < -0.39 is 5.91 Å². The maximum absolute atomic E-state index is 11.6. The van der Waals surface area contributed by atoms with Crippen molar-refractivity contribution >= 4 is 11.9 Å². The summed E-state index contributed by atoms with van der Waals surface area (Å²) in [6, 6.07) is 1.66. The number of carbonyl (C=O) groups excluding carboxylic acids is 1. The van der Waals surface area contributed by atoms with Crippen molar-refractivity contribution in [2.75, 3.05) is 12.4 Å². The Bertz CT molecular complexity index is 524. The van der Waals surface area contributed by atoms with Gasteiger partial charge in [-0.3, -0.25) is 15.2 Å². The number of methoxy groups -OCH3 is 1. The molecular weight excluding hydrogens is 224 g/mol. The topological polar surface area (TPSA) is 106 Å². The van der Waals surface area contributed by atoms with Crippen molar-refractivity contribution in [2.45, 2.75) is 6.92 Å². The second-order valence-electron chi connectivity index (χ2n) is 3.16. The predicted octanol–water partition coefficient (Wildman–Crippen LogP) is 0.164. The van der Waals surface area contributed by atoms with Gasteiger partial charge in [-0.2, -0.15) is 10.1 Å². The third kappa shape index (κ3) is 2.54. The zero-order valence-corrected chi connectivity index (χ0v) is 9.26. The van der Waals surface area contributed by atoms with E-state index in [1.165, 1.54) is 13.4 Å². The number of anilines is 1. The largest absolute Gasteiger partial charge is 0.481 e. The molecule has 1 amide bonds. The molecule has 8 nitrogen and oxygen atoms in total. The van der Waals surface area contributed by atoms with E-state index in [0.717, 1.165) is 0 Å². The van der Waals surface area contributed by atoms with Crippen LogP contribution in [0.25, 0.3) is 0 Å². The highest BCUT2D eigenvalue weighted by molar-refractivity contribution is 6.00. The molecule has 0 atom stereocenters. The van der Waals surface area contributed by atoms with Crippen molar-refractivity contribution in [1.82, 2.24) is 25.1 Å². The first kappa shape index (κ1) is 11.0. The van der Waals surface area contributed by atoms with E-state index in [4.69, 9.17) is 4.74 Å². The molecule has 0 radical (unpaired) electrons. The van der Waals surface area contributed by atoms with Gasteiger partial charge < -0.3 is 4.74 Å². The number of aryl methyl sites for hydroxylation is 1. The SMILES string of the molecule is COc1cc(C)nc(NC(=O)c2ncn[nH]2)n1. The summed E-state index contributed by atoms with van der Waals surface area (Å²) in [4.78, 5) is 23.4. The predicted molar refractivity (Wildman–Crippen MR) is 57.7 cm³/mol. The van der Waals surface area contributed by atoms with E-state index in [1.54, 1.807) is 13.0 Å². The number of rotatable bonds is 3. The number of nitrogens with zero attached hydrogens (tertiary/aromatic N) is 4. The van der Waals surface area contributed by atoms with E-state index in [9.17, 15) is 4.79 Å². The number of H-pyrrole nitrogens is 1. The fraction of sp³-hybridized carbons (Fsp3) is 0.222. The van der Waals surface area contributed by atoms with Crippen LogP contribution in [0.1, 0.15) is 16.3 Å².